The fourth-order valence-corrected chi connectivity index (χ4v) is 3.18. The summed E-state index contributed by atoms with van der Waals surface area (Å²) >= 11 is 5.98. The fraction of sp³-hybridized carbons (Fsp3) is 0.500. The second-order valence-electron chi connectivity index (χ2n) is 5.51. The van der Waals surface area contributed by atoms with Gasteiger partial charge in [0, 0.05) is 25.5 Å². The topological polar surface area (TPSA) is 70.5 Å². The molecule has 0 radical (unpaired) electrons. The maximum absolute atomic E-state index is 12.4. The number of halogens is 1. The third-order valence-electron chi connectivity index (χ3n) is 4.20. The molecule has 0 aromatic carbocycles. The Hall–Kier alpha value is -1.62. The fourth-order valence-electron chi connectivity index (χ4n) is 2.98. The highest BCUT2D eigenvalue weighted by Crippen LogP contribution is 2.44. The lowest BCUT2D eigenvalue weighted by Crippen LogP contribution is -2.30. The van der Waals surface area contributed by atoms with Gasteiger partial charge in [-0.15, -0.1) is 0 Å². The van der Waals surface area contributed by atoms with Crippen molar-refractivity contribution >= 4 is 23.5 Å². The Kier molecular flexibility index (Phi) is 3.38. The van der Waals surface area contributed by atoms with E-state index in [9.17, 15) is 14.7 Å². The Morgan fingerprint density at radius 3 is 2.70 bits per heavy atom. The van der Waals surface area contributed by atoms with E-state index in [2.05, 4.69) is 4.98 Å². The number of likely N-dealkylation sites (tertiary alicyclic amines) is 1. The number of amides is 1. The van der Waals surface area contributed by atoms with Crippen LogP contribution < -0.4 is 0 Å². The maximum atomic E-state index is 12.4. The number of pyridine rings is 1. The molecule has 1 saturated heterocycles. The highest BCUT2D eigenvalue weighted by molar-refractivity contribution is 6.33. The van der Waals surface area contributed by atoms with Crippen LogP contribution in [0.25, 0.3) is 0 Å². The predicted molar refractivity (Wildman–Crippen MR) is 72.5 cm³/mol. The SMILES string of the molecule is O=C(O)[C@H]1CN(C(=O)c2ccncc2Cl)C[C@@H]1C1CC1. The first kappa shape index (κ1) is 13.4. The van der Waals surface area contributed by atoms with Crippen LogP contribution in [0.15, 0.2) is 18.5 Å². The number of hydrogen-bond acceptors (Lipinski definition) is 3. The van der Waals surface area contributed by atoms with Crippen LogP contribution in [0.2, 0.25) is 5.02 Å². The third kappa shape index (κ3) is 2.38. The summed E-state index contributed by atoms with van der Waals surface area (Å²) in [6.07, 6.45) is 5.10. The number of carboxylic acid groups (broad SMARTS) is 1. The molecule has 0 bridgehead atoms. The van der Waals surface area contributed by atoms with Crippen molar-refractivity contribution in [1.29, 1.82) is 0 Å². The van der Waals surface area contributed by atoms with Crippen LogP contribution in [0.1, 0.15) is 23.2 Å². The number of carbonyl (C=O) groups excluding carboxylic acids is 1. The monoisotopic (exact) mass is 294 g/mol. The smallest absolute Gasteiger partial charge is 0.308 e. The van der Waals surface area contributed by atoms with E-state index in [1.165, 1.54) is 12.4 Å². The summed E-state index contributed by atoms with van der Waals surface area (Å²) in [6, 6.07) is 1.57. The molecule has 5 nitrogen and oxygen atoms in total. The Morgan fingerprint density at radius 1 is 1.35 bits per heavy atom. The Morgan fingerprint density at radius 2 is 2.10 bits per heavy atom. The first-order chi connectivity index (χ1) is 9.58. The van der Waals surface area contributed by atoms with Gasteiger partial charge < -0.3 is 10.0 Å². The third-order valence-corrected chi connectivity index (χ3v) is 4.50. The number of aliphatic carboxylic acids is 1. The molecule has 0 spiro atoms. The van der Waals surface area contributed by atoms with E-state index in [0.29, 0.717) is 23.0 Å². The molecule has 1 saturated carbocycles. The summed E-state index contributed by atoms with van der Waals surface area (Å²) in [5.74, 6) is -0.921. The largest absolute Gasteiger partial charge is 0.481 e. The predicted octanol–water partition coefficient (Wildman–Crippen LogP) is 1.92. The zero-order valence-corrected chi connectivity index (χ0v) is 11.6. The van der Waals surface area contributed by atoms with Crippen molar-refractivity contribution in [3.05, 3.63) is 29.0 Å². The van der Waals surface area contributed by atoms with Crippen molar-refractivity contribution < 1.29 is 14.7 Å². The van der Waals surface area contributed by atoms with E-state index < -0.39 is 11.9 Å². The van der Waals surface area contributed by atoms with Crippen LogP contribution in [-0.4, -0.2) is 40.0 Å². The molecule has 2 fully saturated rings. The number of nitrogens with zero attached hydrogens (tertiary/aromatic N) is 2. The standard InChI is InChI=1S/C14H15ClN2O3/c15-12-5-16-4-3-9(12)13(18)17-6-10(8-1-2-8)11(7-17)14(19)20/h3-5,8,10-11H,1-2,6-7H2,(H,19,20)/t10-,11+/m1/s1. The van der Waals surface area contributed by atoms with Crippen LogP contribution >= 0.6 is 11.6 Å². The molecule has 2 aliphatic rings. The second kappa shape index (κ2) is 5.05. The number of carboxylic acids is 1. The normalized spacial score (nSPS) is 25.8. The van der Waals surface area contributed by atoms with E-state index in [1.54, 1.807) is 11.0 Å². The molecule has 2 heterocycles. The summed E-state index contributed by atoms with van der Waals surface area (Å²) in [5, 5.41) is 9.62. The van der Waals surface area contributed by atoms with Crippen LogP contribution in [0, 0.1) is 17.8 Å². The molecule has 20 heavy (non-hydrogen) atoms. The minimum absolute atomic E-state index is 0.0806. The van der Waals surface area contributed by atoms with E-state index in [0.717, 1.165) is 12.8 Å². The van der Waals surface area contributed by atoms with E-state index >= 15 is 0 Å². The lowest BCUT2D eigenvalue weighted by molar-refractivity contribution is -0.142. The molecule has 106 valence electrons. The Balaban J connectivity index is 1.80. The second-order valence-corrected chi connectivity index (χ2v) is 5.92. The lowest BCUT2D eigenvalue weighted by atomic mass is 9.92. The van der Waals surface area contributed by atoms with E-state index in [-0.39, 0.29) is 18.4 Å². The van der Waals surface area contributed by atoms with Gasteiger partial charge in [-0.1, -0.05) is 11.6 Å². The molecule has 6 heteroatoms. The number of aromatic nitrogens is 1. The van der Waals surface area contributed by atoms with Gasteiger partial charge in [0.15, 0.2) is 0 Å². The zero-order chi connectivity index (χ0) is 14.3. The highest BCUT2D eigenvalue weighted by Gasteiger charge is 2.47. The summed E-state index contributed by atoms with van der Waals surface area (Å²) in [4.78, 5) is 29.3. The summed E-state index contributed by atoms with van der Waals surface area (Å²) < 4.78 is 0. The first-order valence-corrected chi connectivity index (χ1v) is 7.07. The van der Waals surface area contributed by atoms with Gasteiger partial charge in [-0.3, -0.25) is 14.6 Å². The van der Waals surface area contributed by atoms with Gasteiger partial charge in [0.1, 0.15) is 0 Å². The number of rotatable bonds is 3. The average molecular weight is 295 g/mol. The van der Waals surface area contributed by atoms with Crippen molar-refractivity contribution in [3.8, 4) is 0 Å². The van der Waals surface area contributed by atoms with Gasteiger partial charge in [-0.25, -0.2) is 0 Å². The molecular weight excluding hydrogens is 280 g/mol. The Labute approximate surface area is 121 Å². The van der Waals surface area contributed by atoms with Crippen LogP contribution in [-0.2, 0) is 4.79 Å². The van der Waals surface area contributed by atoms with Crippen LogP contribution in [0.5, 0.6) is 0 Å². The molecule has 1 aromatic rings. The lowest BCUT2D eigenvalue weighted by Gasteiger charge is -2.16. The molecule has 2 atom stereocenters. The molecule has 1 amide bonds. The van der Waals surface area contributed by atoms with Crippen LogP contribution in [0.4, 0.5) is 0 Å². The van der Waals surface area contributed by atoms with Gasteiger partial charge in [0.05, 0.1) is 16.5 Å². The summed E-state index contributed by atoms with van der Waals surface area (Å²) in [5.41, 5.74) is 0.391. The molecule has 1 aromatic heterocycles. The quantitative estimate of drug-likeness (QED) is 0.924. The first-order valence-electron chi connectivity index (χ1n) is 6.69. The van der Waals surface area contributed by atoms with Gasteiger partial charge in [-0.05, 0) is 30.7 Å². The van der Waals surface area contributed by atoms with Crippen molar-refractivity contribution in [2.24, 2.45) is 17.8 Å². The van der Waals surface area contributed by atoms with Gasteiger partial charge in [0.2, 0.25) is 0 Å². The highest BCUT2D eigenvalue weighted by atomic mass is 35.5. The molecule has 3 rings (SSSR count). The maximum Gasteiger partial charge on any atom is 0.308 e. The summed E-state index contributed by atoms with van der Waals surface area (Å²) in [6.45, 7) is 0.785. The van der Waals surface area contributed by atoms with Gasteiger partial charge in [0.25, 0.3) is 5.91 Å². The Bertz CT molecular complexity index is 559. The number of carbonyl (C=O) groups is 2. The van der Waals surface area contributed by atoms with Crippen molar-refractivity contribution in [2.75, 3.05) is 13.1 Å². The molecule has 1 N–H and O–H groups in total. The molecule has 1 aliphatic heterocycles. The van der Waals surface area contributed by atoms with Crippen LogP contribution in [0.3, 0.4) is 0 Å². The van der Waals surface area contributed by atoms with Gasteiger partial charge in [-0.2, -0.15) is 0 Å². The molecule has 0 unspecified atom stereocenters. The average Bonchev–Trinajstić information content (AvgIpc) is 3.17. The number of hydrogen-bond donors (Lipinski definition) is 1. The summed E-state index contributed by atoms with van der Waals surface area (Å²) in [7, 11) is 0. The minimum atomic E-state index is -0.807. The minimum Gasteiger partial charge on any atom is -0.481 e. The van der Waals surface area contributed by atoms with Crippen molar-refractivity contribution in [2.45, 2.75) is 12.8 Å². The zero-order valence-electron chi connectivity index (χ0n) is 10.8. The molecule has 1 aliphatic carbocycles. The van der Waals surface area contributed by atoms with Gasteiger partial charge >= 0.3 is 5.97 Å². The molecular formula is C14H15ClN2O3. The van der Waals surface area contributed by atoms with E-state index in [1.807, 2.05) is 0 Å². The van der Waals surface area contributed by atoms with Crippen molar-refractivity contribution in [3.63, 3.8) is 0 Å². The van der Waals surface area contributed by atoms with Crippen molar-refractivity contribution in [1.82, 2.24) is 9.88 Å². The van der Waals surface area contributed by atoms with E-state index in [4.69, 9.17) is 11.6 Å².